The van der Waals surface area contributed by atoms with Gasteiger partial charge in [-0.1, -0.05) is 0 Å². The summed E-state index contributed by atoms with van der Waals surface area (Å²) in [5, 5.41) is 18.1. The lowest BCUT2D eigenvalue weighted by molar-refractivity contribution is 0.275. The van der Waals surface area contributed by atoms with Crippen molar-refractivity contribution in [2.75, 3.05) is 6.61 Å². The fraction of sp³-hybridized carbons (Fsp3) is 0.333. The number of phenolic OH excluding ortho intramolecular Hbond substituents is 1. The Morgan fingerprint density at radius 1 is 1.50 bits per heavy atom. The van der Waals surface area contributed by atoms with Gasteiger partial charge in [-0.25, -0.2) is 4.39 Å². The van der Waals surface area contributed by atoms with E-state index in [-0.39, 0.29) is 23.2 Å². The van der Waals surface area contributed by atoms with E-state index >= 15 is 0 Å². The molecule has 1 rings (SSSR count). The Labute approximate surface area is 89.5 Å². The zero-order valence-corrected chi connectivity index (χ0v) is 8.96. The largest absolute Gasteiger partial charge is 0.508 e. The van der Waals surface area contributed by atoms with Crippen LogP contribution < -0.4 is 5.73 Å². The summed E-state index contributed by atoms with van der Waals surface area (Å²) in [6.07, 6.45) is 0.286. The highest BCUT2D eigenvalue weighted by molar-refractivity contribution is 9.10. The fourth-order valence-electron chi connectivity index (χ4n) is 1.14. The SMILES string of the molecule is NC(CCO)c1cc(F)c(Br)cc1O. The lowest BCUT2D eigenvalue weighted by atomic mass is 10.0. The van der Waals surface area contributed by atoms with E-state index < -0.39 is 11.9 Å². The second kappa shape index (κ2) is 4.72. The van der Waals surface area contributed by atoms with Gasteiger partial charge < -0.3 is 15.9 Å². The normalized spacial score (nSPS) is 12.9. The number of aromatic hydroxyl groups is 1. The summed E-state index contributed by atoms with van der Waals surface area (Å²) < 4.78 is 13.3. The number of rotatable bonds is 3. The third kappa shape index (κ3) is 2.43. The summed E-state index contributed by atoms with van der Waals surface area (Å²) in [4.78, 5) is 0. The van der Waals surface area contributed by atoms with Gasteiger partial charge in [0.25, 0.3) is 0 Å². The molecule has 0 radical (unpaired) electrons. The molecule has 0 saturated heterocycles. The van der Waals surface area contributed by atoms with Crippen LogP contribution in [0.4, 0.5) is 4.39 Å². The van der Waals surface area contributed by atoms with Crippen LogP contribution >= 0.6 is 15.9 Å². The van der Waals surface area contributed by atoms with E-state index in [1.807, 2.05) is 0 Å². The van der Waals surface area contributed by atoms with Crippen molar-refractivity contribution in [2.24, 2.45) is 5.73 Å². The molecule has 1 aromatic carbocycles. The van der Waals surface area contributed by atoms with E-state index in [0.717, 1.165) is 0 Å². The van der Waals surface area contributed by atoms with Crippen LogP contribution in [0.1, 0.15) is 18.0 Å². The average molecular weight is 264 g/mol. The molecule has 0 saturated carbocycles. The highest BCUT2D eigenvalue weighted by Gasteiger charge is 2.13. The molecule has 3 nitrogen and oxygen atoms in total. The second-order valence-electron chi connectivity index (χ2n) is 2.94. The first-order chi connectivity index (χ1) is 6.56. The summed E-state index contributed by atoms with van der Waals surface area (Å²) in [7, 11) is 0. The van der Waals surface area contributed by atoms with Gasteiger partial charge in [-0.2, -0.15) is 0 Å². The molecule has 0 fully saturated rings. The van der Waals surface area contributed by atoms with Crippen LogP contribution in [-0.4, -0.2) is 16.8 Å². The Bertz CT molecular complexity index is 333. The average Bonchev–Trinajstić information content (AvgIpc) is 2.11. The van der Waals surface area contributed by atoms with E-state index in [4.69, 9.17) is 10.8 Å². The molecule has 0 aliphatic carbocycles. The zero-order chi connectivity index (χ0) is 10.7. The smallest absolute Gasteiger partial charge is 0.137 e. The molecule has 5 heteroatoms. The molecule has 78 valence electrons. The maximum absolute atomic E-state index is 13.1. The lowest BCUT2D eigenvalue weighted by Crippen LogP contribution is -2.12. The highest BCUT2D eigenvalue weighted by Crippen LogP contribution is 2.30. The molecule has 0 heterocycles. The Hall–Kier alpha value is -0.650. The van der Waals surface area contributed by atoms with E-state index in [2.05, 4.69) is 15.9 Å². The summed E-state index contributed by atoms with van der Waals surface area (Å²) in [6, 6.07) is 1.87. The van der Waals surface area contributed by atoms with Crippen molar-refractivity contribution >= 4 is 15.9 Å². The van der Waals surface area contributed by atoms with Crippen molar-refractivity contribution in [1.82, 2.24) is 0 Å². The summed E-state index contributed by atoms with van der Waals surface area (Å²) in [5.74, 6) is -0.551. The molecular weight excluding hydrogens is 253 g/mol. The van der Waals surface area contributed by atoms with Crippen molar-refractivity contribution in [3.63, 3.8) is 0 Å². The van der Waals surface area contributed by atoms with Gasteiger partial charge in [0.2, 0.25) is 0 Å². The number of benzene rings is 1. The predicted octanol–water partition coefficient (Wildman–Crippen LogP) is 1.68. The van der Waals surface area contributed by atoms with Crippen LogP contribution in [0, 0.1) is 5.82 Å². The number of nitrogens with two attached hydrogens (primary N) is 1. The zero-order valence-electron chi connectivity index (χ0n) is 7.37. The lowest BCUT2D eigenvalue weighted by Gasteiger charge is -2.12. The fourth-order valence-corrected chi connectivity index (χ4v) is 1.47. The minimum Gasteiger partial charge on any atom is -0.508 e. The van der Waals surface area contributed by atoms with Crippen molar-refractivity contribution in [3.05, 3.63) is 28.0 Å². The van der Waals surface area contributed by atoms with Gasteiger partial charge in [-0.3, -0.25) is 0 Å². The minimum atomic E-state index is -0.553. The summed E-state index contributed by atoms with van der Waals surface area (Å²) in [5.41, 5.74) is 5.93. The Morgan fingerprint density at radius 3 is 2.71 bits per heavy atom. The first-order valence-electron chi connectivity index (χ1n) is 4.10. The van der Waals surface area contributed by atoms with Gasteiger partial charge in [0.15, 0.2) is 0 Å². The van der Waals surface area contributed by atoms with E-state index in [9.17, 15) is 9.50 Å². The van der Waals surface area contributed by atoms with Crippen molar-refractivity contribution < 1.29 is 14.6 Å². The van der Waals surface area contributed by atoms with Gasteiger partial charge in [-0.15, -0.1) is 0 Å². The number of aliphatic hydroxyl groups excluding tert-OH is 1. The molecule has 4 N–H and O–H groups in total. The monoisotopic (exact) mass is 263 g/mol. The maximum atomic E-state index is 13.1. The van der Waals surface area contributed by atoms with Crippen LogP contribution in [0.15, 0.2) is 16.6 Å². The third-order valence-corrected chi connectivity index (χ3v) is 2.52. The second-order valence-corrected chi connectivity index (χ2v) is 3.80. The van der Waals surface area contributed by atoms with Crippen LogP contribution in [0.25, 0.3) is 0 Å². The standard InChI is InChI=1S/C9H11BrFNO2/c10-6-4-9(14)5(3-7(6)11)8(12)1-2-13/h3-4,8,13-14H,1-2,12H2. The minimum absolute atomic E-state index is 0.0702. The molecule has 1 atom stereocenters. The van der Waals surface area contributed by atoms with E-state index in [0.29, 0.717) is 5.56 Å². The molecule has 0 aliphatic rings. The maximum Gasteiger partial charge on any atom is 0.137 e. The summed E-state index contributed by atoms with van der Waals surface area (Å²) >= 11 is 2.94. The topological polar surface area (TPSA) is 66.5 Å². The molecule has 0 spiro atoms. The van der Waals surface area contributed by atoms with Crippen molar-refractivity contribution in [2.45, 2.75) is 12.5 Å². The molecule has 14 heavy (non-hydrogen) atoms. The third-order valence-electron chi connectivity index (χ3n) is 1.91. The number of hydrogen-bond donors (Lipinski definition) is 3. The molecule has 0 bridgehead atoms. The quantitative estimate of drug-likeness (QED) is 0.778. The van der Waals surface area contributed by atoms with Gasteiger partial charge in [-0.05, 0) is 34.5 Å². The van der Waals surface area contributed by atoms with Gasteiger partial charge in [0.1, 0.15) is 11.6 Å². The predicted molar refractivity (Wildman–Crippen MR) is 54.4 cm³/mol. The van der Waals surface area contributed by atoms with Crippen molar-refractivity contribution in [1.29, 1.82) is 0 Å². The number of halogens is 2. The van der Waals surface area contributed by atoms with Crippen LogP contribution in [0.3, 0.4) is 0 Å². The first-order valence-corrected chi connectivity index (χ1v) is 4.90. The van der Waals surface area contributed by atoms with Gasteiger partial charge in [0.05, 0.1) is 4.47 Å². The molecule has 0 aromatic heterocycles. The summed E-state index contributed by atoms with van der Waals surface area (Å²) in [6.45, 7) is -0.0989. The molecular formula is C9H11BrFNO2. The first kappa shape index (κ1) is 11.4. The Morgan fingerprint density at radius 2 is 2.14 bits per heavy atom. The van der Waals surface area contributed by atoms with Gasteiger partial charge >= 0.3 is 0 Å². The van der Waals surface area contributed by atoms with Crippen LogP contribution in [0.2, 0.25) is 0 Å². The molecule has 0 aliphatic heterocycles. The number of hydrogen-bond acceptors (Lipinski definition) is 3. The highest BCUT2D eigenvalue weighted by atomic mass is 79.9. The molecule has 0 amide bonds. The number of aliphatic hydroxyl groups is 1. The molecule has 1 unspecified atom stereocenters. The number of phenols is 1. The van der Waals surface area contributed by atoms with Crippen molar-refractivity contribution in [3.8, 4) is 5.75 Å². The van der Waals surface area contributed by atoms with E-state index in [1.165, 1.54) is 12.1 Å². The Balaban J connectivity index is 3.02. The van der Waals surface area contributed by atoms with Crippen LogP contribution in [-0.2, 0) is 0 Å². The van der Waals surface area contributed by atoms with E-state index in [1.54, 1.807) is 0 Å². The van der Waals surface area contributed by atoms with Crippen LogP contribution in [0.5, 0.6) is 5.75 Å². The molecule has 1 aromatic rings. The Kier molecular flexibility index (Phi) is 3.86. The van der Waals surface area contributed by atoms with Gasteiger partial charge in [0, 0.05) is 18.2 Å².